The van der Waals surface area contributed by atoms with Crippen molar-refractivity contribution in [2.75, 3.05) is 0 Å². The van der Waals surface area contributed by atoms with Crippen LogP contribution in [0.3, 0.4) is 0 Å². The summed E-state index contributed by atoms with van der Waals surface area (Å²) in [5.74, 6) is -2.87. The number of carboxylic acid groups (broad SMARTS) is 1. The Hall–Kier alpha value is -1.66. The number of halogens is 4. The van der Waals surface area contributed by atoms with Gasteiger partial charge in [0.2, 0.25) is 0 Å². The van der Waals surface area contributed by atoms with Crippen molar-refractivity contribution in [2.45, 2.75) is 6.61 Å². The summed E-state index contributed by atoms with van der Waals surface area (Å²) in [4.78, 5) is 11.1. The molecule has 0 aliphatic heterocycles. The van der Waals surface area contributed by atoms with E-state index < -0.39 is 24.2 Å². The Kier molecular flexibility index (Phi) is 4.80. The third kappa shape index (κ3) is 3.51. The summed E-state index contributed by atoms with van der Waals surface area (Å²) in [5.41, 5.74) is -0.448. The lowest BCUT2D eigenvalue weighted by Crippen LogP contribution is -2.06. The molecule has 3 nitrogen and oxygen atoms in total. The average molecular weight is 378 g/mol. The number of benzene rings is 2. The Labute approximate surface area is 132 Å². The monoisotopic (exact) mass is 376 g/mol. The zero-order valence-electron chi connectivity index (χ0n) is 10.4. The van der Waals surface area contributed by atoms with Gasteiger partial charge in [0, 0.05) is 5.02 Å². The van der Waals surface area contributed by atoms with E-state index in [-0.39, 0.29) is 26.4 Å². The van der Waals surface area contributed by atoms with Gasteiger partial charge in [-0.1, -0.05) is 11.6 Å². The molecule has 0 saturated heterocycles. The molecule has 0 amide bonds. The van der Waals surface area contributed by atoms with Crippen molar-refractivity contribution in [3.63, 3.8) is 0 Å². The van der Waals surface area contributed by atoms with Crippen LogP contribution < -0.4 is 4.74 Å². The van der Waals surface area contributed by atoms with Crippen LogP contribution in [0.4, 0.5) is 8.78 Å². The molecule has 1 N–H and O–H groups in total. The molecule has 0 aromatic heterocycles. The minimum atomic E-state index is -1.23. The lowest BCUT2D eigenvalue weighted by atomic mass is 10.2. The molecule has 0 aliphatic carbocycles. The summed E-state index contributed by atoms with van der Waals surface area (Å²) < 4.78 is 32.7. The van der Waals surface area contributed by atoms with Crippen molar-refractivity contribution in [1.82, 2.24) is 0 Å². The largest absolute Gasteiger partial charge is 0.488 e. The van der Waals surface area contributed by atoms with Crippen LogP contribution in [0.5, 0.6) is 5.75 Å². The second-order valence-corrected chi connectivity index (χ2v) is 5.35. The Morgan fingerprint density at radius 3 is 2.67 bits per heavy atom. The normalized spacial score (nSPS) is 10.5. The van der Waals surface area contributed by atoms with Gasteiger partial charge < -0.3 is 9.84 Å². The second kappa shape index (κ2) is 6.41. The minimum Gasteiger partial charge on any atom is -0.488 e. The predicted octanol–water partition coefficient (Wildman–Crippen LogP) is 4.66. The smallest absolute Gasteiger partial charge is 0.339 e. The summed E-state index contributed by atoms with van der Waals surface area (Å²) in [6, 6.07) is 6.24. The Bertz CT molecular complexity index is 707. The lowest BCUT2D eigenvalue weighted by molar-refractivity contribution is 0.0691. The minimum absolute atomic E-state index is 0.0613. The molecule has 0 unspecified atom stereocenters. The third-order valence-electron chi connectivity index (χ3n) is 2.68. The molecule has 0 spiro atoms. The fourth-order valence-corrected chi connectivity index (χ4v) is 2.18. The zero-order valence-corrected chi connectivity index (χ0v) is 12.7. The number of carbonyl (C=O) groups is 1. The van der Waals surface area contributed by atoms with E-state index in [0.717, 1.165) is 6.07 Å². The number of hydrogen-bond donors (Lipinski definition) is 1. The molecule has 7 heteroatoms. The first kappa shape index (κ1) is 15.7. The Morgan fingerprint density at radius 1 is 1.29 bits per heavy atom. The molecule has 2 aromatic carbocycles. The number of carboxylic acids is 1. The van der Waals surface area contributed by atoms with Crippen molar-refractivity contribution in [2.24, 2.45) is 0 Å². The van der Waals surface area contributed by atoms with Gasteiger partial charge in [-0.15, -0.1) is 0 Å². The number of rotatable bonds is 4. The van der Waals surface area contributed by atoms with Crippen molar-refractivity contribution in [3.05, 3.63) is 62.6 Å². The Morgan fingerprint density at radius 2 is 2.00 bits per heavy atom. The molecule has 0 heterocycles. The highest BCUT2D eigenvalue weighted by Crippen LogP contribution is 2.27. The molecule has 2 rings (SSSR count). The zero-order chi connectivity index (χ0) is 15.6. The molecule has 0 fully saturated rings. The van der Waals surface area contributed by atoms with Gasteiger partial charge in [-0.2, -0.15) is 0 Å². The van der Waals surface area contributed by atoms with Gasteiger partial charge in [-0.25, -0.2) is 13.6 Å². The molecule has 0 atom stereocenters. The molecule has 21 heavy (non-hydrogen) atoms. The van der Waals surface area contributed by atoms with E-state index >= 15 is 0 Å². The fraction of sp³-hybridized carbons (Fsp3) is 0.0714. The van der Waals surface area contributed by atoms with Gasteiger partial charge in [0.15, 0.2) is 0 Å². The Balaban J connectivity index is 2.31. The first-order valence-electron chi connectivity index (χ1n) is 5.68. The molecule has 0 aliphatic rings. The van der Waals surface area contributed by atoms with Gasteiger partial charge in [0.25, 0.3) is 0 Å². The van der Waals surface area contributed by atoms with Gasteiger partial charge in [0.05, 0.1) is 10.0 Å². The maximum atomic E-state index is 13.8. The van der Waals surface area contributed by atoms with Crippen LogP contribution in [0, 0.1) is 11.6 Å². The fourth-order valence-electron chi connectivity index (χ4n) is 1.64. The summed E-state index contributed by atoms with van der Waals surface area (Å²) in [6.45, 7) is -0.461. The molecule has 110 valence electrons. The van der Waals surface area contributed by atoms with Gasteiger partial charge in [0.1, 0.15) is 29.6 Å². The highest BCUT2D eigenvalue weighted by atomic mass is 79.9. The molecule has 2 aromatic rings. The van der Waals surface area contributed by atoms with E-state index in [4.69, 9.17) is 21.4 Å². The van der Waals surface area contributed by atoms with Crippen LogP contribution in [-0.2, 0) is 6.61 Å². The molecule has 0 saturated carbocycles. The van der Waals surface area contributed by atoms with Crippen molar-refractivity contribution < 1.29 is 23.4 Å². The summed E-state index contributed by atoms with van der Waals surface area (Å²) in [5, 5.41) is 9.28. The predicted molar refractivity (Wildman–Crippen MR) is 76.8 cm³/mol. The molecule has 0 bridgehead atoms. The van der Waals surface area contributed by atoms with E-state index in [1.165, 1.54) is 24.3 Å². The molecule has 0 radical (unpaired) electrons. The molecular weight excluding hydrogens is 370 g/mol. The topological polar surface area (TPSA) is 46.5 Å². The third-order valence-corrected chi connectivity index (χ3v) is 3.53. The van der Waals surface area contributed by atoms with Crippen LogP contribution in [0.25, 0.3) is 0 Å². The van der Waals surface area contributed by atoms with E-state index in [0.29, 0.717) is 0 Å². The number of hydrogen-bond acceptors (Lipinski definition) is 2. The van der Waals surface area contributed by atoms with Crippen LogP contribution in [-0.4, -0.2) is 11.1 Å². The van der Waals surface area contributed by atoms with E-state index in [2.05, 4.69) is 15.9 Å². The second-order valence-electron chi connectivity index (χ2n) is 4.06. The highest BCUT2D eigenvalue weighted by Gasteiger charge is 2.16. The summed E-state index contributed by atoms with van der Waals surface area (Å²) >= 11 is 8.71. The standard InChI is InChI=1S/C14H8BrClF2O3/c15-10-3-4-11(17)9(13(10)18)6-21-12-5-7(16)1-2-8(12)14(19)20/h1-5H,6H2,(H,19,20). The molecular formula is C14H8BrClF2O3. The maximum absolute atomic E-state index is 13.8. The quantitative estimate of drug-likeness (QED) is 0.789. The first-order valence-corrected chi connectivity index (χ1v) is 6.85. The average Bonchev–Trinajstić information content (AvgIpc) is 2.43. The highest BCUT2D eigenvalue weighted by molar-refractivity contribution is 9.10. The van der Waals surface area contributed by atoms with Crippen LogP contribution in [0.15, 0.2) is 34.8 Å². The summed E-state index contributed by atoms with van der Waals surface area (Å²) in [6.07, 6.45) is 0. The maximum Gasteiger partial charge on any atom is 0.339 e. The van der Waals surface area contributed by atoms with Crippen LogP contribution in [0.1, 0.15) is 15.9 Å². The van der Waals surface area contributed by atoms with Gasteiger partial charge in [-0.05, 0) is 46.3 Å². The van der Waals surface area contributed by atoms with Crippen molar-refractivity contribution in [1.29, 1.82) is 0 Å². The van der Waals surface area contributed by atoms with Gasteiger partial charge in [-0.3, -0.25) is 0 Å². The van der Waals surface area contributed by atoms with Crippen molar-refractivity contribution in [3.8, 4) is 5.75 Å². The van der Waals surface area contributed by atoms with E-state index in [1.54, 1.807) is 0 Å². The van der Waals surface area contributed by atoms with Crippen LogP contribution >= 0.6 is 27.5 Å². The van der Waals surface area contributed by atoms with E-state index in [1.807, 2.05) is 0 Å². The summed E-state index contributed by atoms with van der Waals surface area (Å²) in [7, 11) is 0. The van der Waals surface area contributed by atoms with Crippen molar-refractivity contribution >= 4 is 33.5 Å². The SMILES string of the molecule is O=C(O)c1ccc(Cl)cc1OCc1c(F)ccc(Br)c1F. The first-order chi connectivity index (χ1) is 9.90. The number of aromatic carboxylic acids is 1. The number of ether oxygens (including phenoxy) is 1. The lowest BCUT2D eigenvalue weighted by Gasteiger charge is -2.11. The van der Waals surface area contributed by atoms with E-state index in [9.17, 15) is 13.6 Å². The van der Waals surface area contributed by atoms with Crippen LogP contribution in [0.2, 0.25) is 5.02 Å². The van der Waals surface area contributed by atoms with Gasteiger partial charge >= 0.3 is 5.97 Å².